The molecule has 0 radical (unpaired) electrons. The molecular formula is C34H33BrF2N3O7PS. The first kappa shape index (κ1) is 35.3. The molecule has 258 valence electrons. The summed E-state index contributed by atoms with van der Waals surface area (Å²) < 4.78 is 47.4. The number of thiophene rings is 1. The number of halogens is 3. The van der Waals surface area contributed by atoms with Crippen molar-refractivity contribution in [1.82, 2.24) is 15.1 Å². The largest absolute Gasteiger partial charge is 0.399 e. The predicted octanol–water partition coefficient (Wildman–Crippen LogP) is 5.82. The van der Waals surface area contributed by atoms with Crippen LogP contribution < -0.4 is 5.32 Å². The summed E-state index contributed by atoms with van der Waals surface area (Å²) in [6.07, 6.45) is 0.946. The van der Waals surface area contributed by atoms with Crippen LogP contribution in [-0.4, -0.2) is 75.6 Å². The number of nitrogens with one attached hydrogen (secondary N) is 1. The lowest BCUT2D eigenvalue weighted by Gasteiger charge is -2.37. The molecule has 2 aliphatic rings. The first-order valence-electron chi connectivity index (χ1n) is 15.6. The van der Waals surface area contributed by atoms with Crippen LogP contribution >= 0.6 is 34.9 Å². The summed E-state index contributed by atoms with van der Waals surface area (Å²) in [6.45, 7) is 1.46. The third-order valence-electron chi connectivity index (χ3n) is 8.78. The number of hydrogen-bond acceptors (Lipinski definition) is 6. The van der Waals surface area contributed by atoms with Gasteiger partial charge in [-0.05, 0) is 59.7 Å². The molecule has 0 bridgehead atoms. The number of hydrogen-bond donors (Lipinski definition) is 3. The number of benzene rings is 3. The number of rotatable bonds is 9. The zero-order chi connectivity index (χ0) is 34.9. The number of carbonyl (C=O) groups is 3. The molecule has 10 nitrogen and oxygen atoms in total. The summed E-state index contributed by atoms with van der Waals surface area (Å²) in [7, 11) is -5.78. The summed E-state index contributed by atoms with van der Waals surface area (Å²) in [4.78, 5) is 63.5. The molecule has 3 N–H and O–H groups in total. The molecule has 0 saturated carbocycles. The van der Waals surface area contributed by atoms with Crippen LogP contribution in [0.25, 0.3) is 10.1 Å². The van der Waals surface area contributed by atoms with Crippen molar-refractivity contribution in [2.24, 2.45) is 0 Å². The number of carbonyl (C=O) groups excluding carboxylic acids is 3. The Morgan fingerprint density at radius 1 is 1.04 bits per heavy atom. The molecule has 3 amide bonds. The smallest absolute Gasteiger partial charge is 0.370 e. The van der Waals surface area contributed by atoms with E-state index in [9.17, 15) is 27.7 Å². The fourth-order valence-electron chi connectivity index (χ4n) is 6.21. The van der Waals surface area contributed by atoms with Crippen LogP contribution in [-0.2, 0) is 31.0 Å². The van der Waals surface area contributed by atoms with Gasteiger partial charge in [0, 0.05) is 34.2 Å². The number of nitrogens with zero attached hydrogens (tertiary/aromatic N) is 2. The molecule has 2 saturated heterocycles. The van der Waals surface area contributed by atoms with E-state index in [1.807, 2.05) is 54.6 Å². The summed E-state index contributed by atoms with van der Waals surface area (Å²) in [5.74, 6) is -1.21. The topological polar surface area (TPSA) is 136 Å². The van der Waals surface area contributed by atoms with Crippen LogP contribution in [0.15, 0.2) is 83.3 Å². The highest BCUT2D eigenvalue weighted by molar-refractivity contribution is 9.10. The Morgan fingerprint density at radius 3 is 2.49 bits per heavy atom. The van der Waals surface area contributed by atoms with E-state index in [4.69, 9.17) is 14.5 Å². The number of alkyl halides is 2. The van der Waals surface area contributed by atoms with Crippen molar-refractivity contribution in [3.8, 4) is 0 Å². The van der Waals surface area contributed by atoms with Gasteiger partial charge in [-0.25, -0.2) is 0 Å². The van der Waals surface area contributed by atoms with E-state index in [1.165, 1.54) is 12.1 Å². The normalized spacial score (nSPS) is 19.2. The van der Waals surface area contributed by atoms with E-state index in [0.29, 0.717) is 43.8 Å². The van der Waals surface area contributed by atoms with Gasteiger partial charge >= 0.3 is 13.3 Å². The highest BCUT2D eigenvalue weighted by atomic mass is 79.9. The molecule has 2 aliphatic heterocycles. The van der Waals surface area contributed by atoms with E-state index < -0.39 is 42.7 Å². The number of likely N-dealkylation sites (tertiary alicyclic amines) is 1. The van der Waals surface area contributed by atoms with Gasteiger partial charge in [0.25, 0.3) is 5.91 Å². The van der Waals surface area contributed by atoms with Gasteiger partial charge in [0.2, 0.25) is 11.8 Å². The Kier molecular flexibility index (Phi) is 10.4. The minimum absolute atomic E-state index is 0.120. The van der Waals surface area contributed by atoms with Crippen molar-refractivity contribution >= 4 is 62.7 Å². The molecule has 6 rings (SSSR count). The zero-order valence-electron chi connectivity index (χ0n) is 26.0. The Labute approximate surface area is 293 Å². The molecule has 4 aromatic rings. The third kappa shape index (κ3) is 7.64. The van der Waals surface area contributed by atoms with Crippen LogP contribution in [0.2, 0.25) is 0 Å². The van der Waals surface area contributed by atoms with E-state index in [1.54, 1.807) is 9.80 Å². The second-order valence-corrected chi connectivity index (χ2v) is 15.7. The van der Waals surface area contributed by atoms with Crippen LogP contribution in [0.1, 0.15) is 45.3 Å². The minimum Gasteiger partial charge on any atom is -0.370 e. The van der Waals surface area contributed by atoms with Crippen molar-refractivity contribution < 1.29 is 42.3 Å². The van der Waals surface area contributed by atoms with Gasteiger partial charge in [-0.1, -0.05) is 64.5 Å². The lowest BCUT2D eigenvalue weighted by atomic mass is 10.0. The average molecular weight is 777 g/mol. The molecule has 49 heavy (non-hydrogen) atoms. The van der Waals surface area contributed by atoms with E-state index >= 15 is 0 Å². The molecule has 0 spiro atoms. The number of fused-ring (bicyclic) bond motifs is 1. The Hall–Kier alpha value is -3.52. The molecule has 1 unspecified atom stereocenters. The molecule has 3 aromatic carbocycles. The maximum absolute atomic E-state index is 14.4. The third-order valence-corrected chi connectivity index (χ3v) is 11.4. The van der Waals surface area contributed by atoms with E-state index in [-0.39, 0.29) is 28.7 Å². The van der Waals surface area contributed by atoms with Crippen LogP contribution in [0.3, 0.4) is 0 Å². The maximum Gasteiger partial charge on any atom is 0.399 e. The first-order valence-corrected chi connectivity index (χ1v) is 18.8. The van der Waals surface area contributed by atoms with Crippen LogP contribution in [0.5, 0.6) is 0 Å². The highest BCUT2D eigenvalue weighted by Crippen LogP contribution is 2.59. The number of morpholine rings is 1. The van der Waals surface area contributed by atoms with Crippen LogP contribution in [0.4, 0.5) is 8.78 Å². The van der Waals surface area contributed by atoms with Gasteiger partial charge in [-0.15, -0.1) is 11.3 Å². The standard InChI is InChI=1S/C34H33BrF2N3O7PS/c35-25-11-8-21(9-12-25)17-26(38-31(41)30-19-23-18-24(10-13-29(23)49-30)34(36,37)48(44,45)46)32(42)40-14-4-7-27(40)33(43)39-15-16-47-28(20-39)22-5-2-1-3-6-22/h1-3,5-6,8-13,18-19,26-28H,4,7,14-17,20H2,(H,38,41)(H2,44,45,46)/t26?,27-,28-/m0/s1. The molecule has 1 aromatic heterocycles. The average Bonchev–Trinajstić information content (AvgIpc) is 3.76. The SMILES string of the molecule is O=C(NC(Cc1ccc(Br)cc1)C(=O)N1CCC[C@H]1C(=O)N1CCO[C@H](c2ccccc2)C1)c1cc2cc(C(F)(F)P(=O)(O)O)ccc2s1. The number of ether oxygens (including phenoxy) is 1. The zero-order valence-corrected chi connectivity index (χ0v) is 29.3. The molecule has 2 fully saturated rings. The van der Waals surface area contributed by atoms with Gasteiger partial charge in [0.1, 0.15) is 18.2 Å². The molecule has 3 heterocycles. The summed E-state index contributed by atoms with van der Waals surface area (Å²) in [5.41, 5.74) is -3.55. The Bertz CT molecular complexity index is 1910. The van der Waals surface area contributed by atoms with E-state index in [0.717, 1.165) is 39.1 Å². The highest BCUT2D eigenvalue weighted by Gasteiger charge is 2.50. The summed E-state index contributed by atoms with van der Waals surface area (Å²) in [5, 5.41) is 3.02. The van der Waals surface area contributed by atoms with Crippen LogP contribution in [0, 0.1) is 0 Å². The van der Waals surface area contributed by atoms with Gasteiger partial charge in [0.05, 0.1) is 18.0 Å². The number of amides is 3. The predicted molar refractivity (Wildman–Crippen MR) is 183 cm³/mol. The van der Waals surface area contributed by atoms with E-state index in [2.05, 4.69) is 21.2 Å². The van der Waals surface area contributed by atoms with Crippen molar-refractivity contribution in [3.63, 3.8) is 0 Å². The van der Waals surface area contributed by atoms with Gasteiger partial charge in [0.15, 0.2) is 0 Å². The van der Waals surface area contributed by atoms with Gasteiger partial charge < -0.3 is 29.6 Å². The van der Waals surface area contributed by atoms with Gasteiger partial charge in [-0.2, -0.15) is 8.78 Å². The Balaban J connectivity index is 1.23. The first-order chi connectivity index (χ1) is 23.3. The fourth-order valence-corrected chi connectivity index (χ4v) is 7.90. The van der Waals surface area contributed by atoms with Crippen molar-refractivity contribution in [2.75, 3.05) is 26.2 Å². The molecule has 15 heteroatoms. The Morgan fingerprint density at radius 2 is 1.78 bits per heavy atom. The lowest BCUT2D eigenvalue weighted by molar-refractivity contribution is -0.149. The summed E-state index contributed by atoms with van der Waals surface area (Å²) in [6, 6.07) is 19.6. The second-order valence-electron chi connectivity index (χ2n) is 12.0. The second kappa shape index (κ2) is 14.4. The van der Waals surface area contributed by atoms with Gasteiger partial charge in [-0.3, -0.25) is 18.9 Å². The maximum atomic E-state index is 14.4. The van der Waals surface area contributed by atoms with Crippen molar-refractivity contribution in [3.05, 3.63) is 105 Å². The van der Waals surface area contributed by atoms with Crippen molar-refractivity contribution in [1.29, 1.82) is 0 Å². The fraction of sp³-hybridized carbons (Fsp3) is 0.324. The minimum atomic E-state index is -5.78. The lowest BCUT2D eigenvalue weighted by Crippen LogP contribution is -2.56. The monoisotopic (exact) mass is 775 g/mol. The summed E-state index contributed by atoms with van der Waals surface area (Å²) >= 11 is 4.40. The quantitative estimate of drug-likeness (QED) is 0.182. The van der Waals surface area contributed by atoms with Crippen molar-refractivity contribution in [2.45, 2.75) is 43.1 Å². The molecular weight excluding hydrogens is 743 g/mol. The molecule has 3 atom stereocenters. The molecule has 0 aliphatic carbocycles.